The van der Waals surface area contributed by atoms with Gasteiger partial charge in [-0.05, 0) is 0 Å². The van der Waals surface area contributed by atoms with Crippen LogP contribution in [-0.2, 0) is 19.0 Å². The summed E-state index contributed by atoms with van der Waals surface area (Å²) in [6.07, 6.45) is -2.80. The molecule has 0 saturated carbocycles. The van der Waals surface area contributed by atoms with Crippen LogP contribution < -0.4 is 0 Å². The Bertz CT molecular complexity index is 363. The monoisotopic (exact) mass is 271 g/mol. The van der Waals surface area contributed by atoms with Gasteiger partial charge in [-0.3, -0.25) is 4.79 Å². The van der Waals surface area contributed by atoms with E-state index in [2.05, 4.69) is 0 Å². The maximum Gasteiger partial charge on any atom is 0.177 e. The Morgan fingerprint density at radius 3 is 2.63 bits per heavy atom. The van der Waals surface area contributed by atoms with Crippen molar-refractivity contribution in [2.45, 2.75) is 44.7 Å². The van der Waals surface area contributed by atoms with E-state index in [0.717, 1.165) is 0 Å². The van der Waals surface area contributed by atoms with Gasteiger partial charge in [-0.15, -0.1) is 0 Å². The molecule has 1 rings (SSSR count). The van der Waals surface area contributed by atoms with Crippen molar-refractivity contribution in [3.8, 4) is 6.07 Å². The molecule has 4 atom stereocenters. The van der Waals surface area contributed by atoms with Crippen molar-refractivity contribution in [2.75, 3.05) is 20.8 Å². The van der Waals surface area contributed by atoms with Gasteiger partial charge in [0.15, 0.2) is 18.0 Å². The summed E-state index contributed by atoms with van der Waals surface area (Å²) in [5.41, 5.74) is -0.864. The molecule has 1 fully saturated rings. The third kappa shape index (κ3) is 3.31. The Labute approximate surface area is 113 Å². The zero-order valence-corrected chi connectivity index (χ0v) is 11.8. The molecule has 0 aromatic carbocycles. The Kier molecular flexibility index (Phi) is 5.44. The third-order valence-corrected chi connectivity index (χ3v) is 3.60. The standard InChI is InChI=1S/C13H21NO5/c1-13(2)10(5-8(18-4)7-17-3)19-9(6-14)11(15)12(13)16/h8-11,15H,5,7H2,1-4H3/t8-,9+,10+,11-/m0/s1. The summed E-state index contributed by atoms with van der Waals surface area (Å²) in [4.78, 5) is 12.1. The average Bonchev–Trinajstić information content (AvgIpc) is 2.38. The van der Waals surface area contributed by atoms with Gasteiger partial charge < -0.3 is 19.3 Å². The summed E-state index contributed by atoms with van der Waals surface area (Å²) in [6, 6.07) is 1.81. The molecule has 6 nitrogen and oxygen atoms in total. The van der Waals surface area contributed by atoms with Crippen molar-refractivity contribution in [1.82, 2.24) is 0 Å². The van der Waals surface area contributed by atoms with Crippen LogP contribution in [0.1, 0.15) is 20.3 Å². The molecule has 0 aromatic heterocycles. The fraction of sp³-hybridized carbons (Fsp3) is 0.846. The van der Waals surface area contributed by atoms with Crippen LogP contribution in [0.4, 0.5) is 0 Å². The molecule has 0 radical (unpaired) electrons. The van der Waals surface area contributed by atoms with Crippen molar-refractivity contribution in [3.63, 3.8) is 0 Å². The number of hydrogen-bond donors (Lipinski definition) is 1. The lowest BCUT2D eigenvalue weighted by Gasteiger charge is -2.42. The van der Waals surface area contributed by atoms with Crippen molar-refractivity contribution >= 4 is 5.78 Å². The lowest BCUT2D eigenvalue weighted by Crippen LogP contribution is -2.56. The molecule has 0 spiro atoms. The highest BCUT2D eigenvalue weighted by Crippen LogP contribution is 2.36. The summed E-state index contributed by atoms with van der Waals surface area (Å²) >= 11 is 0. The first-order valence-electron chi connectivity index (χ1n) is 6.17. The molecule has 19 heavy (non-hydrogen) atoms. The predicted octanol–water partition coefficient (Wildman–Crippen LogP) is 0.285. The van der Waals surface area contributed by atoms with Gasteiger partial charge in [-0.25, -0.2) is 0 Å². The molecule has 1 N–H and O–H groups in total. The van der Waals surface area contributed by atoms with Crippen LogP contribution >= 0.6 is 0 Å². The Morgan fingerprint density at radius 1 is 1.53 bits per heavy atom. The highest BCUT2D eigenvalue weighted by molar-refractivity contribution is 5.90. The number of nitriles is 1. The van der Waals surface area contributed by atoms with Crippen LogP contribution in [0.25, 0.3) is 0 Å². The molecule has 1 heterocycles. The first-order valence-corrected chi connectivity index (χ1v) is 6.17. The van der Waals surface area contributed by atoms with Crippen LogP contribution in [0.5, 0.6) is 0 Å². The van der Waals surface area contributed by atoms with Gasteiger partial charge in [-0.1, -0.05) is 13.8 Å². The van der Waals surface area contributed by atoms with E-state index in [1.165, 1.54) is 0 Å². The second-order valence-corrected chi connectivity index (χ2v) is 5.25. The van der Waals surface area contributed by atoms with Gasteiger partial charge in [0.1, 0.15) is 0 Å². The van der Waals surface area contributed by atoms with E-state index >= 15 is 0 Å². The Balaban J connectivity index is 2.86. The zero-order valence-electron chi connectivity index (χ0n) is 11.8. The molecule has 1 aliphatic heterocycles. The summed E-state index contributed by atoms with van der Waals surface area (Å²) in [6.45, 7) is 3.78. The Hall–Kier alpha value is -1.00. The second kappa shape index (κ2) is 6.44. The smallest absolute Gasteiger partial charge is 0.177 e. The number of Topliss-reactive ketones (excluding diaryl/α,β-unsaturated/α-hetero) is 1. The van der Waals surface area contributed by atoms with Crippen LogP contribution in [0.15, 0.2) is 0 Å². The molecule has 1 aliphatic rings. The number of aliphatic hydroxyl groups is 1. The van der Waals surface area contributed by atoms with E-state index < -0.39 is 23.7 Å². The highest BCUT2D eigenvalue weighted by atomic mass is 16.5. The summed E-state index contributed by atoms with van der Waals surface area (Å²) in [5.74, 6) is -0.373. The van der Waals surface area contributed by atoms with Crippen LogP contribution in [0.3, 0.4) is 0 Å². The quantitative estimate of drug-likeness (QED) is 0.773. The SMILES string of the molecule is COC[C@H](C[C@H]1O[C@H](C#N)[C@H](O)C(=O)C1(C)C)OC. The fourth-order valence-corrected chi connectivity index (χ4v) is 2.21. The summed E-state index contributed by atoms with van der Waals surface area (Å²) in [5, 5.41) is 18.7. The first kappa shape index (κ1) is 16.1. The lowest BCUT2D eigenvalue weighted by atomic mass is 9.74. The number of hydrogen-bond acceptors (Lipinski definition) is 6. The van der Waals surface area contributed by atoms with E-state index in [9.17, 15) is 9.90 Å². The topological polar surface area (TPSA) is 88.8 Å². The van der Waals surface area contributed by atoms with Crippen molar-refractivity contribution in [1.29, 1.82) is 5.26 Å². The maximum atomic E-state index is 12.1. The van der Waals surface area contributed by atoms with Gasteiger partial charge in [0, 0.05) is 20.6 Å². The molecular weight excluding hydrogens is 250 g/mol. The van der Waals surface area contributed by atoms with Gasteiger partial charge in [0.25, 0.3) is 0 Å². The van der Waals surface area contributed by atoms with E-state index in [1.54, 1.807) is 28.1 Å². The summed E-state index contributed by atoms with van der Waals surface area (Å²) < 4.78 is 15.8. The molecular formula is C13H21NO5. The van der Waals surface area contributed by atoms with Gasteiger partial charge in [0.2, 0.25) is 0 Å². The number of rotatable bonds is 5. The first-order chi connectivity index (χ1) is 8.88. The van der Waals surface area contributed by atoms with Gasteiger partial charge >= 0.3 is 0 Å². The molecule has 6 heteroatoms. The average molecular weight is 271 g/mol. The molecule has 108 valence electrons. The van der Waals surface area contributed by atoms with Crippen molar-refractivity contribution in [3.05, 3.63) is 0 Å². The lowest BCUT2D eigenvalue weighted by molar-refractivity contribution is -0.181. The highest BCUT2D eigenvalue weighted by Gasteiger charge is 2.50. The number of carbonyl (C=O) groups is 1. The molecule has 0 aliphatic carbocycles. The number of ketones is 1. The van der Waals surface area contributed by atoms with Gasteiger partial charge in [0.05, 0.1) is 30.3 Å². The van der Waals surface area contributed by atoms with Crippen molar-refractivity contribution < 1.29 is 24.1 Å². The number of ether oxygens (including phenoxy) is 3. The number of methoxy groups -OCH3 is 2. The van der Waals surface area contributed by atoms with Crippen LogP contribution in [-0.4, -0.2) is 56.1 Å². The van der Waals surface area contributed by atoms with E-state index in [1.807, 2.05) is 6.07 Å². The minimum absolute atomic E-state index is 0.225. The normalized spacial score (nSPS) is 31.8. The van der Waals surface area contributed by atoms with Gasteiger partial charge in [-0.2, -0.15) is 5.26 Å². The minimum Gasteiger partial charge on any atom is -0.382 e. The molecule has 0 aromatic rings. The van der Waals surface area contributed by atoms with Crippen LogP contribution in [0.2, 0.25) is 0 Å². The van der Waals surface area contributed by atoms with Crippen LogP contribution in [0, 0.1) is 16.7 Å². The molecule has 1 saturated heterocycles. The largest absolute Gasteiger partial charge is 0.382 e. The Morgan fingerprint density at radius 2 is 2.16 bits per heavy atom. The molecule has 0 unspecified atom stereocenters. The third-order valence-electron chi connectivity index (χ3n) is 3.60. The maximum absolute atomic E-state index is 12.1. The zero-order chi connectivity index (χ0) is 14.6. The number of nitrogens with zero attached hydrogens (tertiary/aromatic N) is 1. The van der Waals surface area contributed by atoms with E-state index in [-0.39, 0.29) is 11.9 Å². The van der Waals surface area contributed by atoms with E-state index in [0.29, 0.717) is 13.0 Å². The number of aliphatic hydroxyl groups excluding tert-OH is 1. The molecule has 0 bridgehead atoms. The number of carbonyl (C=O) groups excluding carboxylic acids is 1. The predicted molar refractivity (Wildman–Crippen MR) is 66.4 cm³/mol. The molecule has 0 amide bonds. The summed E-state index contributed by atoms with van der Waals surface area (Å²) in [7, 11) is 3.11. The van der Waals surface area contributed by atoms with Crippen molar-refractivity contribution in [2.24, 2.45) is 5.41 Å². The fourth-order valence-electron chi connectivity index (χ4n) is 2.21. The second-order valence-electron chi connectivity index (χ2n) is 5.25. The van der Waals surface area contributed by atoms with E-state index in [4.69, 9.17) is 19.5 Å². The minimum atomic E-state index is -1.39.